The van der Waals surface area contributed by atoms with Crippen molar-refractivity contribution in [3.63, 3.8) is 0 Å². The van der Waals surface area contributed by atoms with Crippen molar-refractivity contribution in [2.75, 3.05) is 0 Å². The molecule has 0 aromatic carbocycles. The molecule has 0 aromatic heterocycles. The molecular weight excluding hydrogens is 182 g/mol. The van der Waals surface area contributed by atoms with E-state index in [1.807, 2.05) is 0 Å². The van der Waals surface area contributed by atoms with Crippen molar-refractivity contribution < 1.29 is 0 Å². The van der Waals surface area contributed by atoms with Crippen molar-refractivity contribution in [2.24, 2.45) is 5.73 Å². The Morgan fingerprint density at radius 3 is 1.67 bits per heavy atom. The minimum atomic E-state index is 0.453. The Morgan fingerprint density at radius 1 is 0.733 bits per heavy atom. The maximum Gasteiger partial charge on any atom is 0.00362 e. The predicted molar refractivity (Wildman–Crippen MR) is 70.1 cm³/mol. The standard InChI is InChI=1S/C14H31N/c1-3-5-6-7-8-9-10-11-12-13-14(15)4-2/h14H,3-13,15H2,1-2H3. The zero-order valence-electron chi connectivity index (χ0n) is 10.9. The van der Waals surface area contributed by atoms with Crippen LogP contribution in [0.25, 0.3) is 0 Å². The molecule has 0 aliphatic rings. The Balaban J connectivity index is 2.92. The largest absolute Gasteiger partial charge is 0.328 e. The zero-order valence-corrected chi connectivity index (χ0v) is 10.9. The predicted octanol–water partition coefficient (Wildman–Crippen LogP) is 4.64. The van der Waals surface area contributed by atoms with Gasteiger partial charge in [0, 0.05) is 6.04 Å². The second kappa shape index (κ2) is 12.0. The topological polar surface area (TPSA) is 26.0 Å². The first-order valence-corrected chi connectivity index (χ1v) is 7.06. The highest BCUT2D eigenvalue weighted by Crippen LogP contribution is 2.11. The van der Waals surface area contributed by atoms with Crippen LogP contribution >= 0.6 is 0 Å². The third-order valence-electron chi connectivity index (χ3n) is 3.20. The molecule has 1 heteroatoms. The van der Waals surface area contributed by atoms with Gasteiger partial charge in [0.1, 0.15) is 0 Å². The van der Waals surface area contributed by atoms with Crippen LogP contribution in [0.5, 0.6) is 0 Å². The lowest BCUT2D eigenvalue weighted by molar-refractivity contribution is 0.517. The van der Waals surface area contributed by atoms with E-state index >= 15 is 0 Å². The molecule has 0 heterocycles. The van der Waals surface area contributed by atoms with Gasteiger partial charge < -0.3 is 5.73 Å². The number of hydrogen-bond acceptors (Lipinski definition) is 1. The average molecular weight is 213 g/mol. The van der Waals surface area contributed by atoms with Gasteiger partial charge in [0.2, 0.25) is 0 Å². The molecule has 0 spiro atoms. The smallest absolute Gasteiger partial charge is 0.00362 e. The second-order valence-electron chi connectivity index (χ2n) is 4.79. The molecule has 0 amide bonds. The first-order valence-electron chi connectivity index (χ1n) is 7.06. The summed E-state index contributed by atoms with van der Waals surface area (Å²) in [7, 11) is 0. The van der Waals surface area contributed by atoms with Gasteiger partial charge in [-0.15, -0.1) is 0 Å². The summed E-state index contributed by atoms with van der Waals surface area (Å²) >= 11 is 0. The van der Waals surface area contributed by atoms with Gasteiger partial charge in [-0.3, -0.25) is 0 Å². The molecule has 0 saturated carbocycles. The molecule has 92 valence electrons. The molecule has 1 nitrogen and oxygen atoms in total. The molecular formula is C14H31N. The summed E-state index contributed by atoms with van der Waals surface area (Å²) in [6.07, 6.45) is 15.1. The summed E-state index contributed by atoms with van der Waals surface area (Å²) in [5, 5.41) is 0. The SMILES string of the molecule is CCCCCCCCCCCC(N)CC. The van der Waals surface area contributed by atoms with Crippen molar-refractivity contribution in [1.29, 1.82) is 0 Å². The lowest BCUT2D eigenvalue weighted by Crippen LogP contribution is -2.17. The minimum Gasteiger partial charge on any atom is -0.328 e. The molecule has 0 saturated heterocycles. The fraction of sp³-hybridized carbons (Fsp3) is 1.00. The monoisotopic (exact) mass is 213 g/mol. The van der Waals surface area contributed by atoms with Crippen LogP contribution in [0.1, 0.15) is 84.5 Å². The van der Waals surface area contributed by atoms with E-state index in [2.05, 4.69) is 13.8 Å². The molecule has 1 unspecified atom stereocenters. The van der Waals surface area contributed by atoms with Gasteiger partial charge in [0.15, 0.2) is 0 Å². The van der Waals surface area contributed by atoms with Crippen LogP contribution in [0, 0.1) is 0 Å². The number of hydrogen-bond donors (Lipinski definition) is 1. The quantitative estimate of drug-likeness (QED) is 0.497. The molecule has 0 aliphatic carbocycles. The van der Waals surface area contributed by atoms with E-state index in [1.54, 1.807) is 0 Å². The van der Waals surface area contributed by atoms with Crippen LogP contribution in [0.15, 0.2) is 0 Å². The van der Waals surface area contributed by atoms with Crippen LogP contribution in [0.2, 0.25) is 0 Å². The first-order chi connectivity index (χ1) is 7.31. The van der Waals surface area contributed by atoms with Gasteiger partial charge in [0.05, 0.1) is 0 Å². The van der Waals surface area contributed by atoms with E-state index in [0.29, 0.717) is 6.04 Å². The van der Waals surface area contributed by atoms with Crippen molar-refractivity contribution in [1.82, 2.24) is 0 Å². The Kier molecular flexibility index (Phi) is 12.0. The third kappa shape index (κ3) is 11.9. The summed E-state index contributed by atoms with van der Waals surface area (Å²) in [5.41, 5.74) is 5.87. The number of rotatable bonds is 11. The van der Waals surface area contributed by atoms with E-state index in [4.69, 9.17) is 5.73 Å². The summed E-state index contributed by atoms with van der Waals surface area (Å²) in [6.45, 7) is 4.45. The van der Waals surface area contributed by atoms with Crippen LogP contribution in [0.3, 0.4) is 0 Å². The molecule has 0 radical (unpaired) electrons. The number of nitrogens with two attached hydrogens (primary N) is 1. The van der Waals surface area contributed by atoms with Gasteiger partial charge in [-0.1, -0.05) is 71.6 Å². The Morgan fingerprint density at radius 2 is 1.20 bits per heavy atom. The van der Waals surface area contributed by atoms with Gasteiger partial charge in [0.25, 0.3) is 0 Å². The molecule has 0 rings (SSSR count). The van der Waals surface area contributed by atoms with E-state index in [-0.39, 0.29) is 0 Å². The van der Waals surface area contributed by atoms with E-state index in [0.717, 1.165) is 6.42 Å². The van der Waals surface area contributed by atoms with Crippen LogP contribution in [0.4, 0.5) is 0 Å². The number of unbranched alkanes of at least 4 members (excludes halogenated alkanes) is 8. The highest BCUT2D eigenvalue weighted by atomic mass is 14.6. The Labute approximate surface area is 96.8 Å². The maximum absolute atomic E-state index is 5.87. The van der Waals surface area contributed by atoms with Crippen LogP contribution < -0.4 is 5.73 Å². The third-order valence-corrected chi connectivity index (χ3v) is 3.20. The van der Waals surface area contributed by atoms with E-state index in [1.165, 1.54) is 64.2 Å². The Hall–Kier alpha value is -0.0400. The lowest BCUT2D eigenvalue weighted by atomic mass is 10.0. The van der Waals surface area contributed by atoms with Gasteiger partial charge in [-0.05, 0) is 12.8 Å². The van der Waals surface area contributed by atoms with Crippen molar-refractivity contribution in [3.8, 4) is 0 Å². The lowest BCUT2D eigenvalue weighted by Gasteiger charge is -2.07. The fourth-order valence-corrected chi connectivity index (χ4v) is 1.92. The molecule has 0 aliphatic heterocycles. The van der Waals surface area contributed by atoms with Gasteiger partial charge in [-0.25, -0.2) is 0 Å². The highest BCUT2D eigenvalue weighted by molar-refractivity contribution is 4.58. The van der Waals surface area contributed by atoms with Gasteiger partial charge >= 0.3 is 0 Å². The summed E-state index contributed by atoms with van der Waals surface area (Å²) < 4.78 is 0. The average Bonchev–Trinajstić information content (AvgIpc) is 2.26. The molecule has 1 atom stereocenters. The van der Waals surface area contributed by atoms with Crippen molar-refractivity contribution in [2.45, 2.75) is 90.5 Å². The van der Waals surface area contributed by atoms with Crippen molar-refractivity contribution in [3.05, 3.63) is 0 Å². The van der Waals surface area contributed by atoms with Gasteiger partial charge in [-0.2, -0.15) is 0 Å². The summed E-state index contributed by atoms with van der Waals surface area (Å²) in [5.74, 6) is 0. The maximum atomic E-state index is 5.87. The van der Waals surface area contributed by atoms with E-state index < -0.39 is 0 Å². The highest BCUT2D eigenvalue weighted by Gasteiger charge is 1.98. The Bertz CT molecular complexity index is 112. The summed E-state index contributed by atoms with van der Waals surface area (Å²) in [6, 6.07) is 0.453. The minimum absolute atomic E-state index is 0.453. The second-order valence-corrected chi connectivity index (χ2v) is 4.79. The molecule has 0 aromatic rings. The fourth-order valence-electron chi connectivity index (χ4n) is 1.92. The molecule has 2 N–H and O–H groups in total. The molecule has 0 fully saturated rings. The normalized spacial score (nSPS) is 13.0. The summed E-state index contributed by atoms with van der Waals surface area (Å²) in [4.78, 5) is 0. The first kappa shape index (κ1) is 15.0. The molecule has 0 bridgehead atoms. The molecule has 15 heavy (non-hydrogen) atoms. The van der Waals surface area contributed by atoms with Crippen LogP contribution in [-0.4, -0.2) is 6.04 Å². The van der Waals surface area contributed by atoms with E-state index in [9.17, 15) is 0 Å². The zero-order chi connectivity index (χ0) is 11.4. The van der Waals surface area contributed by atoms with Crippen molar-refractivity contribution >= 4 is 0 Å². The van der Waals surface area contributed by atoms with Crippen LogP contribution in [-0.2, 0) is 0 Å².